The van der Waals surface area contributed by atoms with Crippen molar-refractivity contribution in [1.29, 1.82) is 0 Å². The molecule has 0 spiro atoms. The van der Waals surface area contributed by atoms with Crippen LogP contribution in [0.25, 0.3) is 104 Å². The van der Waals surface area contributed by atoms with Gasteiger partial charge in [-0.05, 0) is 47.3 Å². The third-order valence-corrected chi connectivity index (χ3v) is 9.89. The second kappa shape index (κ2) is 9.12. The quantitative estimate of drug-likeness (QED) is 0.183. The van der Waals surface area contributed by atoms with Crippen molar-refractivity contribution in [3.05, 3.63) is 145 Å². The van der Waals surface area contributed by atoms with Crippen LogP contribution in [0, 0.1) is 6.57 Å². The number of pyridine rings is 1. The van der Waals surface area contributed by atoms with Crippen molar-refractivity contribution in [2.24, 2.45) is 0 Å². The van der Waals surface area contributed by atoms with Crippen LogP contribution >= 0.6 is 0 Å². The molecule has 0 unspecified atom stereocenters. The van der Waals surface area contributed by atoms with Crippen LogP contribution in [0.1, 0.15) is 0 Å². The van der Waals surface area contributed by atoms with Crippen molar-refractivity contribution < 1.29 is 0 Å². The van der Waals surface area contributed by atoms with E-state index in [1.54, 1.807) is 6.20 Å². The molecule has 0 radical (unpaired) electrons. The maximum Gasteiger partial charge on any atom is 0.237 e. The number of benzene rings is 6. The van der Waals surface area contributed by atoms with Crippen molar-refractivity contribution in [2.45, 2.75) is 0 Å². The van der Waals surface area contributed by atoms with E-state index < -0.39 is 0 Å². The van der Waals surface area contributed by atoms with E-state index in [0.29, 0.717) is 17.3 Å². The highest BCUT2D eigenvalue weighted by Gasteiger charge is 2.26. The first-order valence-electron chi connectivity index (χ1n) is 15.9. The molecule has 0 aliphatic heterocycles. The van der Waals surface area contributed by atoms with Crippen molar-refractivity contribution in [1.82, 2.24) is 23.9 Å². The van der Waals surface area contributed by atoms with Gasteiger partial charge in [0.15, 0.2) is 11.3 Å². The summed E-state index contributed by atoms with van der Waals surface area (Å²) >= 11 is 0. The molecule has 220 valence electrons. The minimum Gasteiger partial charge on any atom is -0.308 e. The molecule has 5 aromatic heterocycles. The lowest BCUT2D eigenvalue weighted by Crippen LogP contribution is -2.04. The summed E-state index contributed by atoms with van der Waals surface area (Å²) in [4.78, 5) is 18.9. The fourth-order valence-electron chi connectivity index (χ4n) is 7.97. The number of hydrogen-bond acceptors (Lipinski definition) is 3. The molecule has 6 nitrogen and oxygen atoms in total. The summed E-state index contributed by atoms with van der Waals surface area (Å²) in [6.45, 7) is 7.66. The average Bonchev–Trinajstić information content (AvgIpc) is 3.79. The molecule has 6 heteroatoms. The van der Waals surface area contributed by atoms with Gasteiger partial charge in [-0.1, -0.05) is 91.0 Å². The van der Waals surface area contributed by atoms with E-state index >= 15 is 0 Å². The van der Waals surface area contributed by atoms with Crippen LogP contribution in [0.5, 0.6) is 0 Å². The van der Waals surface area contributed by atoms with Gasteiger partial charge in [-0.3, -0.25) is 4.57 Å². The van der Waals surface area contributed by atoms with Crippen molar-refractivity contribution in [2.75, 3.05) is 0 Å². The number of aromatic nitrogens is 5. The van der Waals surface area contributed by atoms with Gasteiger partial charge in [0.25, 0.3) is 0 Å². The molecule has 0 aliphatic rings. The zero-order valence-corrected chi connectivity index (χ0v) is 25.4. The molecule has 0 aliphatic carbocycles. The van der Waals surface area contributed by atoms with Crippen LogP contribution in [0.15, 0.2) is 134 Å². The van der Waals surface area contributed by atoms with E-state index in [9.17, 15) is 0 Å². The Morgan fingerprint density at radius 3 is 2.19 bits per heavy atom. The second-order valence-corrected chi connectivity index (χ2v) is 12.3. The van der Waals surface area contributed by atoms with E-state index in [1.165, 1.54) is 43.5 Å². The fraction of sp³-hybridized carbons (Fsp3) is 0. The van der Waals surface area contributed by atoms with Crippen molar-refractivity contribution in [3.8, 4) is 17.2 Å². The summed E-state index contributed by atoms with van der Waals surface area (Å²) in [6, 6.07) is 44.3. The van der Waals surface area contributed by atoms with E-state index in [-0.39, 0.29) is 0 Å². The van der Waals surface area contributed by atoms with Gasteiger partial charge in [-0.2, -0.15) is 4.98 Å². The fourth-order valence-corrected chi connectivity index (χ4v) is 7.97. The van der Waals surface area contributed by atoms with Gasteiger partial charge in [0, 0.05) is 49.3 Å². The first kappa shape index (κ1) is 25.4. The number of fused-ring (bicyclic) bond motifs is 13. The Morgan fingerprint density at radius 2 is 1.31 bits per heavy atom. The Bertz CT molecular complexity index is 3200. The van der Waals surface area contributed by atoms with Crippen LogP contribution in [-0.2, 0) is 0 Å². The number of para-hydroxylation sites is 2. The molecule has 0 saturated carbocycles. The molecule has 0 N–H and O–H groups in total. The molecule has 6 aromatic carbocycles. The summed E-state index contributed by atoms with van der Waals surface area (Å²) in [5.74, 6) is 0.544. The van der Waals surface area contributed by atoms with Gasteiger partial charge >= 0.3 is 0 Å². The van der Waals surface area contributed by atoms with Crippen LogP contribution in [0.2, 0.25) is 0 Å². The Labute approximate surface area is 272 Å². The molecule has 48 heavy (non-hydrogen) atoms. The Balaban J connectivity index is 1.40. The summed E-state index contributed by atoms with van der Waals surface area (Å²) in [5, 5.41) is 10.3. The zero-order valence-electron chi connectivity index (χ0n) is 25.4. The van der Waals surface area contributed by atoms with Gasteiger partial charge in [-0.25, -0.2) is 14.8 Å². The highest BCUT2D eigenvalue weighted by atomic mass is 15.2. The molecule has 11 aromatic rings. The van der Waals surface area contributed by atoms with E-state index in [4.69, 9.17) is 21.5 Å². The number of hydrogen-bond donors (Lipinski definition) is 0. The van der Waals surface area contributed by atoms with Gasteiger partial charge in [0.2, 0.25) is 5.95 Å². The Hall–Kier alpha value is -6.84. The Kier molecular flexibility index (Phi) is 4.82. The zero-order chi connectivity index (χ0) is 31.5. The molecular formula is C42H22N6. The molecule has 0 fully saturated rings. The van der Waals surface area contributed by atoms with Gasteiger partial charge in [0.1, 0.15) is 0 Å². The van der Waals surface area contributed by atoms with E-state index in [2.05, 4.69) is 105 Å². The largest absolute Gasteiger partial charge is 0.308 e. The predicted octanol–water partition coefficient (Wildman–Crippen LogP) is 10.6. The van der Waals surface area contributed by atoms with Gasteiger partial charge in [-0.15, -0.1) is 0 Å². The lowest BCUT2D eigenvalue weighted by molar-refractivity contribution is 1.01. The molecule has 11 rings (SSSR count). The molecule has 5 heterocycles. The highest BCUT2D eigenvalue weighted by Crippen LogP contribution is 2.47. The molecular weight excluding hydrogens is 589 g/mol. The molecule has 0 atom stereocenters. The average molecular weight is 611 g/mol. The van der Waals surface area contributed by atoms with Gasteiger partial charge in [0.05, 0.1) is 39.8 Å². The van der Waals surface area contributed by atoms with Crippen molar-refractivity contribution >= 4 is 87.4 Å². The Morgan fingerprint density at radius 1 is 0.542 bits per heavy atom. The van der Waals surface area contributed by atoms with Crippen LogP contribution in [0.3, 0.4) is 0 Å². The lowest BCUT2D eigenvalue weighted by Gasteiger charge is -2.12. The molecule has 0 bridgehead atoms. The molecule has 0 amide bonds. The summed E-state index contributed by atoms with van der Waals surface area (Å²) in [6.07, 6.45) is 1.77. The summed E-state index contributed by atoms with van der Waals surface area (Å²) in [7, 11) is 0. The minimum absolute atomic E-state index is 0.544. The minimum atomic E-state index is 0.544. The van der Waals surface area contributed by atoms with E-state index in [1.807, 2.05) is 36.4 Å². The third-order valence-electron chi connectivity index (χ3n) is 9.89. The predicted molar refractivity (Wildman–Crippen MR) is 196 cm³/mol. The first-order chi connectivity index (χ1) is 23.8. The normalized spacial score (nSPS) is 12.1. The van der Waals surface area contributed by atoms with Crippen molar-refractivity contribution in [3.63, 3.8) is 0 Å². The maximum absolute atomic E-state index is 7.66. The third kappa shape index (κ3) is 3.17. The first-order valence-corrected chi connectivity index (χ1v) is 15.9. The topological polar surface area (TPSA) is 52.4 Å². The van der Waals surface area contributed by atoms with Crippen LogP contribution in [-0.4, -0.2) is 23.9 Å². The molecule has 0 saturated heterocycles. The lowest BCUT2D eigenvalue weighted by atomic mass is 10.0. The highest BCUT2D eigenvalue weighted by molar-refractivity contribution is 6.37. The summed E-state index contributed by atoms with van der Waals surface area (Å²) < 4.78 is 4.67. The van der Waals surface area contributed by atoms with Gasteiger partial charge < -0.3 is 4.40 Å². The number of rotatable bonds is 2. The maximum atomic E-state index is 7.66. The second-order valence-electron chi connectivity index (χ2n) is 12.3. The SMILES string of the molecule is [C-]#[N+]c1cccc(-c2nc(-n3c4cc5c6ccccc6n6c7ccccc7c(c4c4ccc7ccccc7c43)c56)nc3ncccc23)c1. The van der Waals surface area contributed by atoms with Crippen LogP contribution < -0.4 is 0 Å². The van der Waals surface area contributed by atoms with Crippen LogP contribution in [0.4, 0.5) is 5.69 Å². The monoisotopic (exact) mass is 610 g/mol. The summed E-state index contributed by atoms with van der Waals surface area (Å²) in [5.41, 5.74) is 8.49. The van der Waals surface area contributed by atoms with E-state index in [0.717, 1.165) is 43.8 Å². The standard InChI is InChI=1S/C42H22N6/c1-43-26-12-8-11-25(22-26)38-31-16-9-21-44-41(31)46-42(45-38)48-35-23-32-28-14-4-6-17-33(28)47-34-18-7-5-15-29(34)37(40(32)47)36(35)30-20-19-24-10-2-3-13-27(24)39(30)48/h2-23H. The number of nitrogens with zero attached hydrogens (tertiary/aromatic N) is 6. The smallest absolute Gasteiger partial charge is 0.237 e.